The third-order valence-corrected chi connectivity index (χ3v) is 5.06. The number of halogens is 1. The first-order valence-electron chi connectivity index (χ1n) is 7.61. The topological polar surface area (TPSA) is 77.2 Å². The van der Waals surface area contributed by atoms with Crippen molar-refractivity contribution in [1.29, 1.82) is 0 Å². The second kappa shape index (κ2) is 6.89. The molecule has 0 saturated heterocycles. The Hall–Kier alpha value is -2.71. The van der Waals surface area contributed by atoms with Crippen LogP contribution in [0.25, 0.3) is 21.5 Å². The van der Waals surface area contributed by atoms with Crippen molar-refractivity contribution in [3.05, 3.63) is 63.4 Å². The summed E-state index contributed by atoms with van der Waals surface area (Å²) in [4.78, 5) is 12.3. The maximum absolute atomic E-state index is 12.3. The Labute approximate surface area is 160 Å². The number of nitrogens with zero attached hydrogens (tertiary/aromatic N) is 2. The summed E-state index contributed by atoms with van der Waals surface area (Å²) in [6.45, 7) is 0. The molecule has 8 heteroatoms. The molecule has 2 aromatic carbocycles. The molecule has 0 radical (unpaired) electrons. The Morgan fingerprint density at radius 2 is 1.92 bits per heavy atom. The molecule has 26 heavy (non-hydrogen) atoms. The summed E-state index contributed by atoms with van der Waals surface area (Å²) in [5.74, 6) is 0.772. The molecule has 2 heterocycles. The van der Waals surface area contributed by atoms with Crippen molar-refractivity contribution in [3.8, 4) is 16.3 Å². The molecule has 0 spiro atoms. The molecule has 0 atom stereocenters. The van der Waals surface area contributed by atoms with Gasteiger partial charge in [0, 0.05) is 15.5 Å². The largest absolute Gasteiger partial charge is 0.497 e. The molecule has 0 aliphatic heterocycles. The van der Waals surface area contributed by atoms with Gasteiger partial charge >= 0.3 is 5.63 Å². The molecule has 1 N–H and O–H groups in total. The Morgan fingerprint density at radius 1 is 1.12 bits per heavy atom. The van der Waals surface area contributed by atoms with E-state index in [0.29, 0.717) is 21.3 Å². The number of rotatable bonds is 4. The van der Waals surface area contributed by atoms with E-state index in [1.54, 1.807) is 19.2 Å². The summed E-state index contributed by atoms with van der Waals surface area (Å²) in [6.07, 6.45) is 0. The van der Waals surface area contributed by atoms with Crippen molar-refractivity contribution in [1.82, 2.24) is 10.2 Å². The minimum absolute atomic E-state index is 0.385. The number of anilines is 2. The molecule has 0 bridgehead atoms. The lowest BCUT2D eigenvalue weighted by atomic mass is 10.2. The fourth-order valence-corrected chi connectivity index (χ4v) is 3.57. The van der Waals surface area contributed by atoms with Crippen molar-refractivity contribution in [2.24, 2.45) is 0 Å². The zero-order valence-electron chi connectivity index (χ0n) is 13.5. The lowest BCUT2D eigenvalue weighted by molar-refractivity contribution is 0.415. The monoisotopic (exact) mass is 429 g/mol. The fourth-order valence-electron chi connectivity index (χ4n) is 2.42. The molecule has 0 saturated carbocycles. The molecule has 0 fully saturated rings. The number of hydrogen-bond acceptors (Lipinski definition) is 7. The fraction of sp³-hybridized carbons (Fsp3) is 0.0556. The van der Waals surface area contributed by atoms with Crippen LogP contribution in [-0.2, 0) is 0 Å². The van der Waals surface area contributed by atoms with E-state index in [0.717, 1.165) is 21.3 Å². The van der Waals surface area contributed by atoms with Gasteiger partial charge in [0.05, 0.1) is 12.7 Å². The molecular weight excluding hydrogens is 418 g/mol. The van der Waals surface area contributed by atoms with Gasteiger partial charge in [-0.3, -0.25) is 0 Å². The lowest BCUT2D eigenvalue weighted by Gasteiger charge is -2.03. The summed E-state index contributed by atoms with van der Waals surface area (Å²) >= 11 is 4.70. The molecule has 4 rings (SSSR count). The van der Waals surface area contributed by atoms with Crippen LogP contribution in [0.1, 0.15) is 0 Å². The number of hydrogen-bond donors (Lipinski definition) is 1. The van der Waals surface area contributed by atoms with E-state index in [1.165, 1.54) is 11.3 Å². The predicted molar refractivity (Wildman–Crippen MR) is 105 cm³/mol. The van der Waals surface area contributed by atoms with Gasteiger partial charge in [-0.25, -0.2) is 4.79 Å². The van der Waals surface area contributed by atoms with E-state index in [4.69, 9.17) is 9.15 Å². The van der Waals surface area contributed by atoms with Gasteiger partial charge in [0.15, 0.2) is 5.01 Å². The van der Waals surface area contributed by atoms with Crippen LogP contribution in [0.3, 0.4) is 0 Å². The zero-order valence-corrected chi connectivity index (χ0v) is 15.9. The van der Waals surface area contributed by atoms with E-state index in [-0.39, 0.29) is 0 Å². The van der Waals surface area contributed by atoms with E-state index >= 15 is 0 Å². The van der Waals surface area contributed by atoms with Crippen LogP contribution in [0.2, 0.25) is 0 Å². The van der Waals surface area contributed by atoms with Crippen LogP contribution < -0.4 is 15.7 Å². The Bertz CT molecular complexity index is 1140. The predicted octanol–water partition coefficient (Wildman–Crippen LogP) is 4.83. The molecule has 0 aliphatic rings. The maximum atomic E-state index is 12.3. The normalized spacial score (nSPS) is 10.8. The zero-order chi connectivity index (χ0) is 18.1. The first-order valence-corrected chi connectivity index (χ1v) is 9.22. The summed E-state index contributed by atoms with van der Waals surface area (Å²) in [7, 11) is 1.62. The summed E-state index contributed by atoms with van der Waals surface area (Å²) < 4.78 is 11.4. The lowest BCUT2D eigenvalue weighted by Crippen LogP contribution is -2.02. The average Bonchev–Trinajstić information content (AvgIpc) is 3.10. The van der Waals surface area contributed by atoms with Crippen LogP contribution in [0.4, 0.5) is 10.8 Å². The van der Waals surface area contributed by atoms with Crippen LogP contribution in [0, 0.1) is 0 Å². The Morgan fingerprint density at radius 3 is 2.69 bits per heavy atom. The second-order valence-electron chi connectivity index (χ2n) is 5.40. The number of ether oxygens (including phenoxy) is 1. The molecule has 0 aliphatic carbocycles. The van der Waals surface area contributed by atoms with Gasteiger partial charge in [0.25, 0.3) is 0 Å². The van der Waals surface area contributed by atoms with Crippen LogP contribution >= 0.6 is 27.3 Å². The van der Waals surface area contributed by atoms with E-state index in [2.05, 4.69) is 31.4 Å². The van der Waals surface area contributed by atoms with Crippen molar-refractivity contribution in [2.45, 2.75) is 0 Å². The van der Waals surface area contributed by atoms with Crippen molar-refractivity contribution < 1.29 is 9.15 Å². The van der Waals surface area contributed by atoms with Crippen LogP contribution in [0.15, 0.2) is 62.2 Å². The summed E-state index contributed by atoms with van der Waals surface area (Å²) in [6, 6.07) is 14.7. The standard InChI is InChI=1S/C18H12BrN3O3S/c1-24-13-5-3-12(4-6-13)20-18-22-21-16(26-18)14-9-10-8-11(19)2-7-15(10)25-17(14)23/h2-9H,1H3,(H,20,22). The minimum atomic E-state index is -0.438. The highest BCUT2D eigenvalue weighted by Gasteiger charge is 2.13. The number of aromatic nitrogens is 2. The van der Waals surface area contributed by atoms with Crippen molar-refractivity contribution in [3.63, 3.8) is 0 Å². The average molecular weight is 430 g/mol. The summed E-state index contributed by atoms with van der Waals surface area (Å²) in [5, 5.41) is 13.3. The maximum Gasteiger partial charge on any atom is 0.346 e. The Kier molecular flexibility index (Phi) is 4.44. The van der Waals surface area contributed by atoms with E-state index < -0.39 is 5.63 Å². The minimum Gasteiger partial charge on any atom is -0.497 e. The number of fused-ring (bicyclic) bond motifs is 1. The molecule has 130 valence electrons. The van der Waals surface area contributed by atoms with Crippen LogP contribution in [-0.4, -0.2) is 17.3 Å². The van der Waals surface area contributed by atoms with E-state index in [1.807, 2.05) is 36.4 Å². The van der Waals surface area contributed by atoms with Gasteiger partial charge in [-0.1, -0.05) is 27.3 Å². The van der Waals surface area contributed by atoms with Gasteiger partial charge in [0.2, 0.25) is 5.13 Å². The van der Waals surface area contributed by atoms with Gasteiger partial charge in [-0.2, -0.15) is 0 Å². The van der Waals surface area contributed by atoms with Crippen molar-refractivity contribution >= 4 is 49.1 Å². The molecule has 6 nitrogen and oxygen atoms in total. The third-order valence-electron chi connectivity index (χ3n) is 3.69. The Balaban J connectivity index is 1.65. The highest BCUT2D eigenvalue weighted by Crippen LogP contribution is 2.29. The smallest absolute Gasteiger partial charge is 0.346 e. The molecule has 4 aromatic rings. The number of nitrogens with one attached hydrogen (secondary N) is 1. The van der Waals surface area contributed by atoms with E-state index in [9.17, 15) is 4.79 Å². The quantitative estimate of drug-likeness (QED) is 0.468. The molecule has 0 amide bonds. The molecule has 2 aromatic heterocycles. The number of methoxy groups -OCH3 is 1. The first kappa shape index (κ1) is 16.7. The highest BCUT2D eigenvalue weighted by atomic mass is 79.9. The third kappa shape index (κ3) is 3.33. The number of benzene rings is 2. The van der Waals surface area contributed by atoms with Gasteiger partial charge in [-0.05, 0) is 48.5 Å². The van der Waals surface area contributed by atoms with Gasteiger partial charge in [-0.15, -0.1) is 10.2 Å². The summed E-state index contributed by atoms with van der Waals surface area (Å²) in [5.41, 5.74) is 1.33. The molecular formula is C18H12BrN3O3S. The second-order valence-corrected chi connectivity index (χ2v) is 7.29. The van der Waals surface area contributed by atoms with Gasteiger partial charge < -0.3 is 14.5 Å². The SMILES string of the molecule is COc1ccc(Nc2nnc(-c3cc4cc(Br)ccc4oc3=O)s2)cc1. The first-order chi connectivity index (χ1) is 12.6. The van der Waals surface area contributed by atoms with Crippen LogP contribution in [0.5, 0.6) is 5.75 Å². The highest BCUT2D eigenvalue weighted by molar-refractivity contribution is 9.10. The van der Waals surface area contributed by atoms with Gasteiger partial charge in [0.1, 0.15) is 11.3 Å². The van der Waals surface area contributed by atoms with Crippen molar-refractivity contribution in [2.75, 3.05) is 12.4 Å². The molecule has 0 unspecified atom stereocenters.